The molecule has 2 aromatic rings. The van der Waals surface area contributed by atoms with Crippen molar-refractivity contribution in [2.45, 2.75) is 25.6 Å². The van der Waals surface area contributed by atoms with Crippen molar-refractivity contribution in [1.82, 2.24) is 5.06 Å². The Balaban J connectivity index is 1.50. The van der Waals surface area contributed by atoms with Crippen molar-refractivity contribution >= 4 is 0 Å². The van der Waals surface area contributed by atoms with Crippen LogP contribution in [-0.4, -0.2) is 29.5 Å². The highest BCUT2D eigenvalue weighted by Gasteiger charge is 2.19. The fourth-order valence-electron chi connectivity index (χ4n) is 2.51. The quantitative estimate of drug-likeness (QED) is 0.917. The molecular formula is C18H21NO3. The molecule has 0 aromatic heterocycles. The van der Waals surface area contributed by atoms with Crippen molar-refractivity contribution in [3.05, 3.63) is 60.2 Å². The summed E-state index contributed by atoms with van der Waals surface area (Å²) in [5.74, 6) is 1.69. The molecule has 1 heterocycles. The van der Waals surface area contributed by atoms with Crippen LogP contribution < -0.4 is 9.47 Å². The van der Waals surface area contributed by atoms with Crippen LogP contribution in [0.3, 0.4) is 0 Å². The third kappa shape index (κ3) is 4.23. The van der Waals surface area contributed by atoms with Gasteiger partial charge in [-0.3, -0.25) is 0 Å². The van der Waals surface area contributed by atoms with Crippen LogP contribution in [0.1, 0.15) is 18.4 Å². The fraction of sp³-hybridized carbons (Fsp3) is 0.333. The first-order chi connectivity index (χ1) is 10.8. The number of benzene rings is 2. The molecule has 0 saturated carbocycles. The maximum atomic E-state index is 9.34. The number of ether oxygens (including phenoxy) is 2. The molecular weight excluding hydrogens is 278 g/mol. The second-order valence-electron chi connectivity index (χ2n) is 5.52. The highest BCUT2D eigenvalue weighted by Crippen LogP contribution is 2.22. The van der Waals surface area contributed by atoms with E-state index in [1.54, 1.807) is 0 Å². The van der Waals surface area contributed by atoms with Gasteiger partial charge in [0.2, 0.25) is 0 Å². The molecule has 22 heavy (non-hydrogen) atoms. The molecule has 1 saturated heterocycles. The lowest BCUT2D eigenvalue weighted by molar-refractivity contribution is -0.118. The molecule has 0 radical (unpaired) electrons. The van der Waals surface area contributed by atoms with Crippen LogP contribution in [0, 0.1) is 0 Å². The van der Waals surface area contributed by atoms with Crippen LogP contribution in [0.15, 0.2) is 54.6 Å². The van der Waals surface area contributed by atoms with Gasteiger partial charge >= 0.3 is 0 Å². The van der Waals surface area contributed by atoms with Gasteiger partial charge in [0.15, 0.2) is 0 Å². The van der Waals surface area contributed by atoms with Crippen molar-refractivity contribution < 1.29 is 14.7 Å². The van der Waals surface area contributed by atoms with E-state index in [-0.39, 0.29) is 6.10 Å². The van der Waals surface area contributed by atoms with E-state index in [0.29, 0.717) is 19.7 Å². The van der Waals surface area contributed by atoms with Crippen molar-refractivity contribution in [3.8, 4) is 11.5 Å². The number of hydroxylamine groups is 2. The van der Waals surface area contributed by atoms with E-state index in [2.05, 4.69) is 0 Å². The molecule has 1 aliphatic heterocycles. The second kappa shape index (κ2) is 7.29. The summed E-state index contributed by atoms with van der Waals surface area (Å²) in [6, 6.07) is 17.8. The van der Waals surface area contributed by atoms with Gasteiger partial charge < -0.3 is 14.7 Å². The molecule has 0 unspecified atom stereocenters. The molecule has 1 fully saturated rings. The predicted molar refractivity (Wildman–Crippen MR) is 84.2 cm³/mol. The van der Waals surface area contributed by atoms with E-state index in [1.165, 1.54) is 5.06 Å². The third-order valence-corrected chi connectivity index (χ3v) is 3.79. The van der Waals surface area contributed by atoms with Gasteiger partial charge in [-0.15, -0.1) is 0 Å². The molecule has 1 aliphatic rings. The smallest absolute Gasteiger partial charge is 0.120 e. The van der Waals surface area contributed by atoms with Crippen molar-refractivity contribution in [1.29, 1.82) is 0 Å². The lowest BCUT2D eigenvalue weighted by Gasteiger charge is -2.27. The van der Waals surface area contributed by atoms with E-state index in [4.69, 9.17) is 9.47 Å². The Hall–Kier alpha value is -2.04. The molecule has 0 aliphatic carbocycles. The Bertz CT molecular complexity index is 563. The van der Waals surface area contributed by atoms with Crippen LogP contribution in [0.4, 0.5) is 0 Å². The Morgan fingerprint density at radius 1 is 0.909 bits per heavy atom. The number of rotatable bonds is 5. The van der Waals surface area contributed by atoms with Gasteiger partial charge in [0, 0.05) is 13.1 Å². The lowest BCUT2D eigenvalue weighted by Crippen LogP contribution is -2.36. The maximum absolute atomic E-state index is 9.34. The number of nitrogens with zero attached hydrogens (tertiary/aromatic N) is 1. The Morgan fingerprint density at radius 2 is 1.55 bits per heavy atom. The molecule has 4 heteroatoms. The summed E-state index contributed by atoms with van der Waals surface area (Å²) < 4.78 is 11.7. The third-order valence-electron chi connectivity index (χ3n) is 3.79. The van der Waals surface area contributed by atoms with Crippen LogP contribution >= 0.6 is 0 Å². The molecule has 3 rings (SSSR count). The molecule has 116 valence electrons. The summed E-state index contributed by atoms with van der Waals surface area (Å²) in [7, 11) is 0. The Morgan fingerprint density at radius 3 is 2.23 bits per heavy atom. The zero-order valence-electron chi connectivity index (χ0n) is 12.5. The van der Waals surface area contributed by atoms with Gasteiger partial charge in [-0.2, -0.15) is 5.06 Å². The van der Waals surface area contributed by atoms with Crippen molar-refractivity contribution in [3.63, 3.8) is 0 Å². The first-order valence-electron chi connectivity index (χ1n) is 7.67. The first kappa shape index (κ1) is 14.9. The van der Waals surface area contributed by atoms with Gasteiger partial charge in [-0.1, -0.05) is 30.3 Å². The lowest BCUT2D eigenvalue weighted by atomic mass is 10.1. The molecule has 4 nitrogen and oxygen atoms in total. The number of piperidine rings is 1. The van der Waals surface area contributed by atoms with Gasteiger partial charge in [0.05, 0.1) is 0 Å². The molecule has 0 bridgehead atoms. The summed E-state index contributed by atoms with van der Waals surface area (Å²) >= 11 is 0. The normalized spacial score (nSPS) is 16.4. The maximum Gasteiger partial charge on any atom is 0.120 e. The number of hydrogen-bond acceptors (Lipinski definition) is 4. The van der Waals surface area contributed by atoms with Crippen LogP contribution in [-0.2, 0) is 6.61 Å². The van der Waals surface area contributed by atoms with Crippen molar-refractivity contribution in [2.75, 3.05) is 13.1 Å². The molecule has 2 aromatic carbocycles. The van der Waals surface area contributed by atoms with Crippen LogP contribution in [0.25, 0.3) is 0 Å². The zero-order valence-corrected chi connectivity index (χ0v) is 12.5. The van der Waals surface area contributed by atoms with Crippen LogP contribution in [0.2, 0.25) is 0 Å². The average Bonchev–Trinajstić information content (AvgIpc) is 2.57. The standard InChI is InChI=1S/C18H21NO3/c20-19-12-10-18(11-13-19)22-17-8-6-16(7-9-17)21-14-15-4-2-1-3-5-15/h1-9,18,20H,10-14H2. The molecule has 1 N–H and O–H groups in total. The molecule has 0 spiro atoms. The monoisotopic (exact) mass is 299 g/mol. The largest absolute Gasteiger partial charge is 0.490 e. The molecule has 0 amide bonds. The van der Waals surface area contributed by atoms with Crippen molar-refractivity contribution in [2.24, 2.45) is 0 Å². The summed E-state index contributed by atoms with van der Waals surface area (Å²) in [5, 5.41) is 10.7. The summed E-state index contributed by atoms with van der Waals surface area (Å²) in [6.07, 6.45) is 1.88. The zero-order chi connectivity index (χ0) is 15.2. The van der Waals surface area contributed by atoms with Gasteiger partial charge in [0.1, 0.15) is 24.2 Å². The van der Waals surface area contributed by atoms with Crippen LogP contribution in [0.5, 0.6) is 11.5 Å². The number of hydrogen-bond donors (Lipinski definition) is 1. The highest BCUT2D eigenvalue weighted by atomic mass is 16.5. The predicted octanol–water partition coefficient (Wildman–Crippen LogP) is 3.50. The van der Waals surface area contributed by atoms with Gasteiger partial charge in [-0.05, 0) is 42.7 Å². The Kier molecular flexibility index (Phi) is 4.93. The summed E-state index contributed by atoms with van der Waals surface area (Å²) in [4.78, 5) is 0. The Labute approximate surface area is 130 Å². The minimum absolute atomic E-state index is 0.180. The van der Waals surface area contributed by atoms with E-state index in [0.717, 1.165) is 29.9 Å². The van der Waals surface area contributed by atoms with E-state index in [1.807, 2.05) is 54.6 Å². The SMILES string of the molecule is ON1CCC(Oc2ccc(OCc3ccccc3)cc2)CC1. The van der Waals surface area contributed by atoms with E-state index >= 15 is 0 Å². The minimum Gasteiger partial charge on any atom is -0.490 e. The van der Waals surface area contributed by atoms with E-state index in [9.17, 15) is 5.21 Å². The average molecular weight is 299 g/mol. The topological polar surface area (TPSA) is 41.9 Å². The van der Waals surface area contributed by atoms with Gasteiger partial charge in [-0.25, -0.2) is 0 Å². The van der Waals surface area contributed by atoms with Gasteiger partial charge in [0.25, 0.3) is 0 Å². The highest BCUT2D eigenvalue weighted by molar-refractivity contribution is 5.31. The molecule has 0 atom stereocenters. The first-order valence-corrected chi connectivity index (χ1v) is 7.67. The fourth-order valence-corrected chi connectivity index (χ4v) is 2.51. The minimum atomic E-state index is 0.180. The summed E-state index contributed by atoms with van der Waals surface area (Å²) in [5.41, 5.74) is 1.15. The summed E-state index contributed by atoms with van der Waals surface area (Å²) in [6.45, 7) is 1.90. The van der Waals surface area contributed by atoms with E-state index < -0.39 is 0 Å². The second-order valence-corrected chi connectivity index (χ2v) is 5.52.